The van der Waals surface area contributed by atoms with E-state index >= 15 is 0 Å². The van der Waals surface area contributed by atoms with Gasteiger partial charge in [0, 0.05) is 28.9 Å². The van der Waals surface area contributed by atoms with Gasteiger partial charge in [-0.1, -0.05) is 12.1 Å². The van der Waals surface area contributed by atoms with E-state index in [4.69, 9.17) is 5.73 Å². The van der Waals surface area contributed by atoms with Crippen LogP contribution < -0.4 is 16.6 Å². The third-order valence-electron chi connectivity index (χ3n) is 5.78. The van der Waals surface area contributed by atoms with Crippen molar-refractivity contribution in [3.63, 3.8) is 0 Å². The number of hydrogen-bond acceptors (Lipinski definition) is 3. The minimum Gasteiger partial charge on any atom is -0.382 e. The first-order chi connectivity index (χ1) is 12.9. The Balaban J connectivity index is 1.49. The highest BCUT2D eigenvalue weighted by Gasteiger charge is 2.33. The Morgan fingerprint density at radius 2 is 1.85 bits per heavy atom. The molecule has 0 radical (unpaired) electrons. The zero-order chi connectivity index (χ0) is 19.0. The van der Waals surface area contributed by atoms with Crippen LogP contribution in [0.2, 0.25) is 0 Å². The molecule has 140 valence electrons. The molecule has 0 bridgehead atoms. The Bertz CT molecular complexity index is 1020. The largest absolute Gasteiger partial charge is 0.382 e. The maximum absolute atomic E-state index is 13.2. The molecule has 2 aromatic carbocycles. The summed E-state index contributed by atoms with van der Waals surface area (Å²) in [4.78, 5) is 14.7. The molecular weight excluding hydrogens is 341 g/mol. The second-order valence-corrected chi connectivity index (χ2v) is 7.64. The molecule has 1 aromatic heterocycles. The lowest BCUT2D eigenvalue weighted by molar-refractivity contribution is 0.286. The second-order valence-electron chi connectivity index (χ2n) is 7.64. The third-order valence-corrected chi connectivity index (χ3v) is 5.78. The first kappa shape index (κ1) is 17.7. The van der Waals surface area contributed by atoms with Crippen LogP contribution in [0.5, 0.6) is 0 Å². The predicted octanol–water partition coefficient (Wildman–Crippen LogP) is 4.18. The van der Waals surface area contributed by atoms with Crippen LogP contribution in [0.25, 0.3) is 10.8 Å². The van der Waals surface area contributed by atoms with Gasteiger partial charge in [0.15, 0.2) is 0 Å². The van der Waals surface area contributed by atoms with Crippen LogP contribution >= 0.6 is 0 Å². The van der Waals surface area contributed by atoms with Crippen LogP contribution in [0.3, 0.4) is 0 Å². The van der Waals surface area contributed by atoms with Gasteiger partial charge < -0.3 is 16.0 Å². The highest BCUT2D eigenvalue weighted by atomic mass is 19.1. The Labute approximate surface area is 157 Å². The van der Waals surface area contributed by atoms with Gasteiger partial charge in [-0.25, -0.2) is 4.39 Å². The number of benzene rings is 2. The Morgan fingerprint density at radius 1 is 1.15 bits per heavy atom. The number of nitrogens with two attached hydrogens (primary N) is 1. The molecule has 4 rings (SSSR count). The molecule has 1 fully saturated rings. The van der Waals surface area contributed by atoms with Gasteiger partial charge in [-0.05, 0) is 79.5 Å². The molecule has 1 saturated carbocycles. The van der Waals surface area contributed by atoms with E-state index in [0.717, 1.165) is 47.9 Å². The Kier molecular flexibility index (Phi) is 4.48. The molecule has 0 saturated heterocycles. The van der Waals surface area contributed by atoms with Crippen molar-refractivity contribution in [1.82, 2.24) is 4.98 Å². The molecule has 1 heterocycles. The molecule has 0 unspecified atom stereocenters. The SMILES string of the molecule is Cc1cc2c(=O)[nH]ccc2cc1N[C@H]1CC[C@](N)(c2ccc(F)cc2)CC1. The average Bonchev–Trinajstić information content (AvgIpc) is 2.66. The average molecular weight is 365 g/mol. The van der Waals surface area contributed by atoms with Crippen LogP contribution in [-0.2, 0) is 5.54 Å². The number of aromatic amines is 1. The van der Waals surface area contributed by atoms with Crippen LogP contribution in [0, 0.1) is 12.7 Å². The van der Waals surface area contributed by atoms with E-state index < -0.39 is 5.54 Å². The van der Waals surface area contributed by atoms with Gasteiger partial charge in [-0.2, -0.15) is 0 Å². The maximum Gasteiger partial charge on any atom is 0.255 e. The van der Waals surface area contributed by atoms with Gasteiger partial charge in [-0.3, -0.25) is 4.79 Å². The molecule has 0 atom stereocenters. The molecule has 5 heteroatoms. The van der Waals surface area contributed by atoms with Gasteiger partial charge >= 0.3 is 0 Å². The van der Waals surface area contributed by atoms with Crippen molar-refractivity contribution in [2.75, 3.05) is 5.32 Å². The van der Waals surface area contributed by atoms with Gasteiger partial charge in [0.25, 0.3) is 5.56 Å². The van der Waals surface area contributed by atoms with E-state index in [0.29, 0.717) is 11.4 Å². The first-order valence-corrected chi connectivity index (χ1v) is 9.38. The zero-order valence-corrected chi connectivity index (χ0v) is 15.4. The summed E-state index contributed by atoms with van der Waals surface area (Å²) in [5.41, 5.74) is 9.28. The third kappa shape index (κ3) is 3.47. The number of aromatic nitrogens is 1. The molecule has 1 aliphatic rings. The summed E-state index contributed by atoms with van der Waals surface area (Å²) in [5.74, 6) is -0.233. The standard InChI is InChI=1S/C22H24FN3O/c1-14-12-19-15(8-11-25-21(19)27)13-20(14)26-18-6-9-22(24,10-7-18)16-2-4-17(23)5-3-16/h2-5,8,11-13,18,26H,6-7,9-10,24H2,1H3,(H,25,27)/t18-,22+. The monoisotopic (exact) mass is 365 g/mol. The van der Waals surface area contributed by atoms with Crippen molar-refractivity contribution >= 4 is 16.5 Å². The summed E-state index contributed by atoms with van der Waals surface area (Å²) in [6.45, 7) is 2.02. The number of anilines is 1. The maximum atomic E-state index is 13.2. The van der Waals surface area contributed by atoms with E-state index in [-0.39, 0.29) is 11.4 Å². The number of fused-ring (bicyclic) bond motifs is 1. The number of hydrogen-bond donors (Lipinski definition) is 3. The van der Waals surface area contributed by atoms with E-state index in [9.17, 15) is 9.18 Å². The molecule has 4 N–H and O–H groups in total. The molecule has 0 aliphatic heterocycles. The molecule has 0 amide bonds. The topological polar surface area (TPSA) is 70.9 Å². The summed E-state index contributed by atoms with van der Waals surface area (Å²) in [6.07, 6.45) is 5.27. The van der Waals surface area contributed by atoms with Crippen LogP contribution in [0.15, 0.2) is 53.5 Å². The molecule has 27 heavy (non-hydrogen) atoms. The zero-order valence-electron chi connectivity index (χ0n) is 15.4. The van der Waals surface area contributed by atoms with Gasteiger partial charge in [0.05, 0.1) is 0 Å². The number of rotatable bonds is 3. The van der Waals surface area contributed by atoms with Gasteiger partial charge in [-0.15, -0.1) is 0 Å². The summed E-state index contributed by atoms with van der Waals surface area (Å²) in [7, 11) is 0. The lowest BCUT2D eigenvalue weighted by Gasteiger charge is -2.38. The summed E-state index contributed by atoms with van der Waals surface area (Å²) >= 11 is 0. The van der Waals surface area contributed by atoms with Gasteiger partial charge in [0.2, 0.25) is 0 Å². The van der Waals surface area contributed by atoms with Crippen molar-refractivity contribution in [2.24, 2.45) is 5.73 Å². The highest BCUT2D eigenvalue weighted by Crippen LogP contribution is 2.36. The van der Waals surface area contributed by atoms with E-state index in [2.05, 4.69) is 10.3 Å². The van der Waals surface area contributed by atoms with Crippen molar-refractivity contribution in [1.29, 1.82) is 0 Å². The summed E-state index contributed by atoms with van der Waals surface area (Å²) in [5, 5.41) is 5.27. The second kappa shape index (κ2) is 6.82. The molecular formula is C22H24FN3O. The van der Waals surface area contributed by atoms with Gasteiger partial charge in [0.1, 0.15) is 5.82 Å². The summed E-state index contributed by atoms with van der Waals surface area (Å²) < 4.78 is 13.2. The number of halogens is 1. The molecule has 0 spiro atoms. The molecule has 1 aliphatic carbocycles. The van der Waals surface area contributed by atoms with Crippen LogP contribution in [0.4, 0.5) is 10.1 Å². The number of pyridine rings is 1. The number of H-pyrrole nitrogens is 1. The summed E-state index contributed by atoms with van der Waals surface area (Å²) in [6, 6.07) is 12.8. The fourth-order valence-electron chi connectivity index (χ4n) is 4.07. The first-order valence-electron chi connectivity index (χ1n) is 9.38. The fourth-order valence-corrected chi connectivity index (χ4v) is 4.07. The van der Waals surface area contributed by atoms with Crippen molar-refractivity contribution in [2.45, 2.75) is 44.2 Å². The van der Waals surface area contributed by atoms with E-state index in [1.54, 1.807) is 18.3 Å². The lowest BCUT2D eigenvalue weighted by Crippen LogP contribution is -2.43. The minimum atomic E-state index is -0.391. The van der Waals surface area contributed by atoms with Crippen molar-refractivity contribution in [3.05, 3.63) is 76.0 Å². The molecule has 4 nitrogen and oxygen atoms in total. The fraction of sp³-hybridized carbons (Fsp3) is 0.318. The van der Waals surface area contributed by atoms with E-state index in [1.807, 2.05) is 25.1 Å². The highest BCUT2D eigenvalue weighted by molar-refractivity contribution is 5.86. The predicted molar refractivity (Wildman–Crippen MR) is 107 cm³/mol. The van der Waals surface area contributed by atoms with Crippen molar-refractivity contribution < 1.29 is 4.39 Å². The smallest absolute Gasteiger partial charge is 0.255 e. The van der Waals surface area contributed by atoms with Crippen LogP contribution in [-0.4, -0.2) is 11.0 Å². The van der Waals surface area contributed by atoms with E-state index in [1.165, 1.54) is 12.1 Å². The Morgan fingerprint density at radius 3 is 2.56 bits per heavy atom. The Hall–Kier alpha value is -2.66. The number of aryl methyl sites for hydroxylation is 1. The molecule has 3 aromatic rings. The van der Waals surface area contributed by atoms with Crippen molar-refractivity contribution in [3.8, 4) is 0 Å². The van der Waals surface area contributed by atoms with Crippen LogP contribution in [0.1, 0.15) is 36.8 Å². The normalized spacial score (nSPS) is 22.7. The quantitative estimate of drug-likeness (QED) is 0.652. The minimum absolute atomic E-state index is 0.0629. The lowest BCUT2D eigenvalue weighted by atomic mass is 9.75. The number of nitrogens with one attached hydrogen (secondary N) is 2.